The molecule has 0 fully saturated rings. The van der Waals surface area contributed by atoms with Gasteiger partial charge in [-0.25, -0.2) is 13.1 Å². The van der Waals surface area contributed by atoms with Crippen molar-refractivity contribution in [2.75, 3.05) is 13.7 Å². The number of rotatable bonds is 11. The number of amides is 2. The molecule has 0 atom stereocenters. The molecule has 41 heavy (non-hydrogen) atoms. The summed E-state index contributed by atoms with van der Waals surface area (Å²) in [6, 6.07) is 16.8. The minimum Gasteiger partial charge on any atom is -0.496 e. The number of fused-ring (bicyclic) bond motifs is 1. The second-order valence-corrected chi connectivity index (χ2v) is 12.5. The molecule has 2 amide bonds. The quantitative estimate of drug-likeness (QED) is 0.215. The van der Waals surface area contributed by atoms with E-state index in [1.807, 2.05) is 36.0 Å². The number of benzene rings is 3. The van der Waals surface area contributed by atoms with Crippen molar-refractivity contribution in [3.63, 3.8) is 0 Å². The zero-order valence-corrected chi connectivity index (χ0v) is 25.9. The Balaban J connectivity index is 1.57. The Hall–Kier alpha value is -3.63. The molecule has 0 spiro atoms. The molecule has 4 aromatic rings. The van der Waals surface area contributed by atoms with Gasteiger partial charge in [-0.05, 0) is 75.4 Å². The zero-order valence-electron chi connectivity index (χ0n) is 23.5. The van der Waals surface area contributed by atoms with Crippen molar-refractivity contribution in [2.45, 2.75) is 38.0 Å². The number of hydrogen-bond acceptors (Lipinski definition) is 5. The fourth-order valence-electron chi connectivity index (χ4n) is 4.81. The number of methoxy groups -OCH3 is 1. The van der Waals surface area contributed by atoms with Gasteiger partial charge < -0.3 is 14.6 Å². The highest BCUT2D eigenvalue weighted by atomic mass is 79.9. The molecule has 0 saturated carbocycles. The topological polar surface area (TPSA) is 106 Å². The summed E-state index contributed by atoms with van der Waals surface area (Å²) in [5.41, 5.74) is 3.54. The van der Waals surface area contributed by atoms with Crippen LogP contribution in [0.4, 0.5) is 0 Å². The van der Waals surface area contributed by atoms with Crippen molar-refractivity contribution < 1.29 is 22.7 Å². The highest BCUT2D eigenvalue weighted by Gasteiger charge is 2.22. The largest absolute Gasteiger partial charge is 0.496 e. The Labute approximate surface area is 249 Å². The number of aryl methyl sites for hydroxylation is 1. The lowest BCUT2D eigenvalue weighted by atomic mass is 10.00. The summed E-state index contributed by atoms with van der Waals surface area (Å²) < 4.78 is 35.6. The molecular weight excluding hydrogens is 606 g/mol. The molecule has 2 N–H and O–H groups in total. The molecule has 1 aromatic heterocycles. The number of nitrogens with one attached hydrogen (secondary N) is 2. The lowest BCUT2D eigenvalue weighted by Crippen LogP contribution is -2.30. The highest BCUT2D eigenvalue weighted by molar-refractivity contribution is 9.10. The second kappa shape index (κ2) is 12.9. The van der Waals surface area contributed by atoms with Gasteiger partial charge in [-0.1, -0.05) is 44.9 Å². The molecule has 0 bridgehead atoms. The number of nitrogens with zero attached hydrogens (tertiary/aromatic N) is 1. The minimum absolute atomic E-state index is 0.0310. The molecule has 0 saturated heterocycles. The third-order valence-electron chi connectivity index (χ3n) is 7.32. The summed E-state index contributed by atoms with van der Waals surface area (Å²) in [5, 5.41) is 4.01. The van der Waals surface area contributed by atoms with Crippen LogP contribution < -0.4 is 14.8 Å². The summed E-state index contributed by atoms with van der Waals surface area (Å²) in [5.74, 6) is 0.0404. The molecule has 3 aromatic carbocycles. The normalized spacial score (nSPS) is 11.6. The fourth-order valence-corrected chi connectivity index (χ4v) is 6.79. The van der Waals surface area contributed by atoms with Gasteiger partial charge >= 0.3 is 0 Å². The molecule has 0 aliphatic carbocycles. The number of carbonyl (C=O) groups excluding carboxylic acids is 2. The van der Waals surface area contributed by atoms with Crippen LogP contribution in [0.3, 0.4) is 0 Å². The lowest BCUT2D eigenvalue weighted by molar-refractivity contribution is 0.0944. The van der Waals surface area contributed by atoms with Crippen LogP contribution in [0.15, 0.2) is 76.2 Å². The third kappa shape index (κ3) is 6.82. The Kier molecular flexibility index (Phi) is 9.55. The van der Waals surface area contributed by atoms with Gasteiger partial charge in [0, 0.05) is 52.7 Å². The lowest BCUT2D eigenvalue weighted by Gasteiger charge is -2.13. The molecular formula is C31H34BrN3O5S. The first-order valence-corrected chi connectivity index (χ1v) is 15.7. The number of sulfonamides is 1. The summed E-state index contributed by atoms with van der Waals surface area (Å²) in [6.45, 7) is 4.90. The average molecular weight is 641 g/mol. The number of halogens is 1. The van der Waals surface area contributed by atoms with Crippen LogP contribution in [0.5, 0.6) is 5.75 Å². The van der Waals surface area contributed by atoms with Crippen LogP contribution in [0, 0.1) is 5.92 Å². The fraction of sp³-hybridized carbons (Fsp3) is 0.290. The Morgan fingerprint density at radius 3 is 2.32 bits per heavy atom. The van der Waals surface area contributed by atoms with E-state index in [2.05, 4.69) is 39.8 Å². The first-order chi connectivity index (χ1) is 19.6. The van der Waals surface area contributed by atoms with Crippen LogP contribution in [0.2, 0.25) is 0 Å². The molecule has 0 aliphatic rings. The highest BCUT2D eigenvalue weighted by Crippen LogP contribution is 2.29. The van der Waals surface area contributed by atoms with Crippen LogP contribution in [-0.4, -0.2) is 38.5 Å². The van der Waals surface area contributed by atoms with E-state index in [0.717, 1.165) is 34.9 Å². The molecule has 216 valence electrons. The van der Waals surface area contributed by atoms with Gasteiger partial charge in [-0.15, -0.1) is 0 Å². The second-order valence-electron chi connectivity index (χ2n) is 9.96. The third-order valence-corrected chi connectivity index (χ3v) is 9.67. The number of ether oxygens (including phenoxy) is 1. The van der Waals surface area contributed by atoms with E-state index in [9.17, 15) is 18.0 Å². The van der Waals surface area contributed by atoms with Crippen LogP contribution in [-0.2, 0) is 23.5 Å². The van der Waals surface area contributed by atoms with Crippen molar-refractivity contribution in [1.29, 1.82) is 0 Å². The van der Waals surface area contributed by atoms with E-state index < -0.39 is 15.9 Å². The molecule has 0 radical (unpaired) electrons. The van der Waals surface area contributed by atoms with Crippen molar-refractivity contribution in [1.82, 2.24) is 14.6 Å². The van der Waals surface area contributed by atoms with Crippen molar-refractivity contribution >= 4 is 48.7 Å². The maximum absolute atomic E-state index is 12.9. The van der Waals surface area contributed by atoms with Crippen molar-refractivity contribution in [2.24, 2.45) is 13.0 Å². The van der Waals surface area contributed by atoms with Gasteiger partial charge in [0.2, 0.25) is 0 Å². The van der Waals surface area contributed by atoms with E-state index in [-0.39, 0.29) is 16.4 Å². The number of aromatic nitrogens is 1. The molecule has 8 nitrogen and oxygen atoms in total. The van der Waals surface area contributed by atoms with Gasteiger partial charge in [-0.3, -0.25) is 9.59 Å². The summed E-state index contributed by atoms with van der Waals surface area (Å²) in [4.78, 5) is 25.8. The van der Waals surface area contributed by atoms with Gasteiger partial charge in [0.25, 0.3) is 21.8 Å². The van der Waals surface area contributed by atoms with E-state index >= 15 is 0 Å². The van der Waals surface area contributed by atoms with Crippen molar-refractivity contribution in [3.05, 3.63) is 93.6 Å². The van der Waals surface area contributed by atoms with Crippen LogP contribution in [0.25, 0.3) is 10.9 Å². The zero-order chi connectivity index (χ0) is 29.7. The van der Waals surface area contributed by atoms with E-state index in [1.54, 1.807) is 30.3 Å². The first kappa shape index (κ1) is 30.3. The Bertz CT molecular complexity index is 1690. The number of hydrogen-bond donors (Lipinski definition) is 2. The van der Waals surface area contributed by atoms with Gasteiger partial charge in [0.1, 0.15) is 10.6 Å². The molecule has 0 aliphatic heterocycles. The van der Waals surface area contributed by atoms with Crippen LogP contribution in [0.1, 0.15) is 58.5 Å². The van der Waals surface area contributed by atoms with E-state index in [0.29, 0.717) is 34.7 Å². The van der Waals surface area contributed by atoms with E-state index in [1.165, 1.54) is 19.2 Å². The smallest absolute Gasteiger partial charge is 0.265 e. The minimum atomic E-state index is -4.08. The van der Waals surface area contributed by atoms with Crippen molar-refractivity contribution in [3.8, 4) is 5.75 Å². The Morgan fingerprint density at radius 1 is 0.951 bits per heavy atom. The summed E-state index contributed by atoms with van der Waals surface area (Å²) in [6.07, 6.45) is 4.53. The predicted molar refractivity (Wildman–Crippen MR) is 164 cm³/mol. The van der Waals surface area contributed by atoms with Gasteiger partial charge in [0.15, 0.2) is 0 Å². The van der Waals surface area contributed by atoms with Gasteiger partial charge in [-0.2, -0.15) is 0 Å². The van der Waals surface area contributed by atoms with E-state index in [4.69, 9.17) is 4.74 Å². The summed E-state index contributed by atoms with van der Waals surface area (Å²) in [7, 11) is -0.627. The molecule has 4 rings (SSSR count). The van der Waals surface area contributed by atoms with Gasteiger partial charge in [0.05, 0.1) is 7.11 Å². The first-order valence-electron chi connectivity index (χ1n) is 13.4. The number of carbonyl (C=O) groups is 2. The standard InChI is InChI=1S/C31H34BrN3O5S/c1-5-20(6-2)18-33-30(36)22-13-14-27-25(16-22)24(19-35(27)3)15-21-11-12-23(17-28(21)40-4)31(37)34-41(38,39)29-10-8-7-9-26(29)32/h7-14,16-17,19-20H,5-6,15,18H2,1-4H3,(H,33,36)(H,34,37). The average Bonchev–Trinajstić information content (AvgIpc) is 3.27. The molecule has 10 heteroatoms. The summed E-state index contributed by atoms with van der Waals surface area (Å²) >= 11 is 3.22. The Morgan fingerprint density at radius 2 is 1.63 bits per heavy atom. The SMILES string of the molecule is CCC(CC)CNC(=O)c1ccc2c(c1)c(Cc1ccc(C(=O)NS(=O)(=O)c3ccccc3Br)cc1OC)cn2C. The maximum Gasteiger partial charge on any atom is 0.265 e. The maximum atomic E-state index is 12.9. The monoisotopic (exact) mass is 639 g/mol. The predicted octanol–water partition coefficient (Wildman–Crippen LogP) is 5.82. The molecule has 0 unspecified atom stereocenters. The molecule has 1 heterocycles. The van der Waals surface area contributed by atoms with Crippen LogP contribution >= 0.6 is 15.9 Å².